The molecule has 206 valence electrons. The van der Waals surface area contributed by atoms with Gasteiger partial charge in [-0.2, -0.15) is 0 Å². The molecule has 3 aliphatic heterocycles. The van der Waals surface area contributed by atoms with Crippen LogP contribution in [-0.2, 0) is 28.4 Å². The van der Waals surface area contributed by atoms with Crippen molar-refractivity contribution in [2.45, 2.75) is 92.1 Å². The first-order valence-electron chi connectivity index (χ1n) is 11.0. The standard InChI is InChI=1S/C19H34O16/c1-30-14-5(2-20)32-18(12(27)9(14)24)35-16-7(4-22)33-19(13(28)10(16)25)34-15-6(3-21)31-17(29)11(26)8(15)23/h5-29H,2-4H2,1H3/t5-,6-,7-,8-,9-,10-,11-,12-,13-,14-,15-,16-,17?,18-,19-/m1/s1. The molecule has 1 unspecified atom stereocenters. The second kappa shape index (κ2) is 12.3. The van der Waals surface area contributed by atoms with Gasteiger partial charge in [-0.15, -0.1) is 0 Å². The Labute approximate surface area is 199 Å². The van der Waals surface area contributed by atoms with Gasteiger partial charge in [-0.25, -0.2) is 0 Å². The molecule has 0 aromatic heterocycles. The average Bonchev–Trinajstić information content (AvgIpc) is 2.85. The van der Waals surface area contributed by atoms with E-state index in [-0.39, 0.29) is 0 Å². The first-order valence-corrected chi connectivity index (χ1v) is 11.0. The Balaban J connectivity index is 1.72. The highest BCUT2D eigenvalue weighted by Crippen LogP contribution is 2.32. The summed E-state index contributed by atoms with van der Waals surface area (Å²) in [6.07, 6.45) is -23.7. The Morgan fingerprint density at radius 2 is 0.886 bits per heavy atom. The lowest BCUT2D eigenvalue weighted by molar-refractivity contribution is -0.378. The maximum absolute atomic E-state index is 10.7. The zero-order chi connectivity index (χ0) is 26.0. The third kappa shape index (κ3) is 5.78. The summed E-state index contributed by atoms with van der Waals surface area (Å²) in [6.45, 7) is -2.15. The molecule has 0 bridgehead atoms. The van der Waals surface area contributed by atoms with Crippen LogP contribution in [0.4, 0.5) is 0 Å². The van der Waals surface area contributed by atoms with Gasteiger partial charge in [-0.05, 0) is 0 Å². The van der Waals surface area contributed by atoms with Gasteiger partial charge in [0.05, 0.1) is 19.8 Å². The molecule has 16 heteroatoms. The third-order valence-corrected chi connectivity index (χ3v) is 6.34. The van der Waals surface area contributed by atoms with Gasteiger partial charge in [-0.1, -0.05) is 0 Å². The van der Waals surface area contributed by atoms with Crippen LogP contribution in [0.5, 0.6) is 0 Å². The highest BCUT2D eigenvalue weighted by atomic mass is 16.8. The molecule has 35 heavy (non-hydrogen) atoms. The van der Waals surface area contributed by atoms with Crippen molar-refractivity contribution in [2.75, 3.05) is 26.9 Å². The van der Waals surface area contributed by atoms with Crippen LogP contribution in [0, 0.1) is 0 Å². The summed E-state index contributed by atoms with van der Waals surface area (Å²) in [5.74, 6) is 0. The fourth-order valence-corrected chi connectivity index (χ4v) is 4.33. The van der Waals surface area contributed by atoms with E-state index in [1.54, 1.807) is 0 Å². The molecule has 0 amide bonds. The van der Waals surface area contributed by atoms with E-state index in [2.05, 4.69) is 0 Å². The molecule has 10 N–H and O–H groups in total. The molecular weight excluding hydrogens is 484 g/mol. The molecule has 3 saturated heterocycles. The number of hydrogen-bond donors (Lipinski definition) is 10. The maximum atomic E-state index is 10.7. The first-order chi connectivity index (χ1) is 16.6. The van der Waals surface area contributed by atoms with Gasteiger partial charge < -0.3 is 79.5 Å². The Hall–Kier alpha value is -0.640. The topological polar surface area (TPSA) is 258 Å². The average molecular weight is 518 g/mol. The molecule has 0 radical (unpaired) electrons. The van der Waals surface area contributed by atoms with Crippen molar-refractivity contribution in [3.63, 3.8) is 0 Å². The van der Waals surface area contributed by atoms with E-state index in [1.165, 1.54) is 7.11 Å². The number of methoxy groups -OCH3 is 1. The molecule has 0 aliphatic carbocycles. The lowest BCUT2D eigenvalue weighted by Crippen LogP contribution is -2.66. The van der Waals surface area contributed by atoms with Gasteiger partial charge in [0.15, 0.2) is 18.9 Å². The molecule has 3 aliphatic rings. The summed E-state index contributed by atoms with van der Waals surface area (Å²) < 4.78 is 31.8. The second-order valence-corrected chi connectivity index (χ2v) is 8.54. The molecular formula is C19H34O16. The van der Waals surface area contributed by atoms with Gasteiger partial charge in [-0.3, -0.25) is 0 Å². The molecule has 16 nitrogen and oxygen atoms in total. The molecule has 3 rings (SSSR count). The van der Waals surface area contributed by atoms with Crippen LogP contribution in [0.15, 0.2) is 0 Å². The summed E-state index contributed by atoms with van der Waals surface area (Å²) in [5, 5.41) is 100. The quantitative estimate of drug-likeness (QED) is 0.143. The van der Waals surface area contributed by atoms with Gasteiger partial charge in [0.25, 0.3) is 0 Å². The fourth-order valence-electron chi connectivity index (χ4n) is 4.33. The lowest BCUT2D eigenvalue weighted by Gasteiger charge is -2.48. The zero-order valence-corrected chi connectivity index (χ0v) is 18.7. The van der Waals surface area contributed by atoms with Crippen LogP contribution < -0.4 is 0 Å². The molecule has 3 heterocycles. The summed E-state index contributed by atoms with van der Waals surface area (Å²) in [5.41, 5.74) is 0. The Kier molecular flexibility index (Phi) is 10.1. The van der Waals surface area contributed by atoms with E-state index in [0.717, 1.165) is 0 Å². The maximum Gasteiger partial charge on any atom is 0.187 e. The molecule has 0 aromatic carbocycles. The summed E-state index contributed by atoms with van der Waals surface area (Å²) in [4.78, 5) is 0. The SMILES string of the molecule is CO[C@H]1[C@H](O)[C@@H](O)[C@@H](O[C@H]2[C@H](O)[C@@H](O)[C@@H](O[C@H]3[C@H](O)[C@@H](O)C(O)O[C@@H]3CO)O[C@@H]2CO)O[C@@H]1CO. The number of ether oxygens (including phenoxy) is 6. The monoisotopic (exact) mass is 518 g/mol. The van der Waals surface area contributed by atoms with E-state index in [9.17, 15) is 51.1 Å². The molecule has 0 aromatic rings. The number of rotatable bonds is 8. The van der Waals surface area contributed by atoms with E-state index >= 15 is 0 Å². The molecule has 0 saturated carbocycles. The number of aliphatic hydroxyl groups excluding tert-OH is 10. The highest BCUT2D eigenvalue weighted by molar-refractivity contribution is 4.96. The van der Waals surface area contributed by atoms with Gasteiger partial charge in [0.1, 0.15) is 73.2 Å². The largest absolute Gasteiger partial charge is 0.394 e. The number of aliphatic hydroxyl groups is 10. The summed E-state index contributed by atoms with van der Waals surface area (Å²) >= 11 is 0. The van der Waals surface area contributed by atoms with Crippen molar-refractivity contribution in [1.82, 2.24) is 0 Å². The van der Waals surface area contributed by atoms with Crippen LogP contribution in [0.3, 0.4) is 0 Å². The van der Waals surface area contributed by atoms with Crippen molar-refractivity contribution in [3.05, 3.63) is 0 Å². The van der Waals surface area contributed by atoms with Crippen LogP contribution in [0.2, 0.25) is 0 Å². The van der Waals surface area contributed by atoms with Crippen molar-refractivity contribution >= 4 is 0 Å². The zero-order valence-electron chi connectivity index (χ0n) is 18.7. The van der Waals surface area contributed by atoms with Crippen molar-refractivity contribution < 1.29 is 79.5 Å². The Morgan fingerprint density at radius 1 is 0.514 bits per heavy atom. The van der Waals surface area contributed by atoms with E-state index in [4.69, 9.17) is 28.4 Å². The highest BCUT2D eigenvalue weighted by Gasteiger charge is 2.53. The van der Waals surface area contributed by atoms with E-state index in [1.807, 2.05) is 0 Å². The van der Waals surface area contributed by atoms with Crippen molar-refractivity contribution in [3.8, 4) is 0 Å². The predicted octanol–water partition coefficient (Wildman–Crippen LogP) is -6.92. The first kappa shape index (κ1) is 28.9. The van der Waals surface area contributed by atoms with Crippen LogP contribution in [0.1, 0.15) is 0 Å². The van der Waals surface area contributed by atoms with Crippen LogP contribution in [-0.4, -0.2) is 170 Å². The molecule has 3 fully saturated rings. The van der Waals surface area contributed by atoms with E-state index in [0.29, 0.717) is 0 Å². The fraction of sp³-hybridized carbons (Fsp3) is 1.00. The molecule has 0 spiro atoms. The Bertz CT molecular complexity index is 650. The van der Waals surface area contributed by atoms with Crippen molar-refractivity contribution in [2.24, 2.45) is 0 Å². The Morgan fingerprint density at radius 3 is 1.31 bits per heavy atom. The lowest BCUT2D eigenvalue weighted by atomic mass is 9.96. The summed E-state index contributed by atoms with van der Waals surface area (Å²) in [7, 11) is 1.24. The van der Waals surface area contributed by atoms with Gasteiger partial charge >= 0.3 is 0 Å². The van der Waals surface area contributed by atoms with Crippen LogP contribution >= 0.6 is 0 Å². The van der Waals surface area contributed by atoms with E-state index < -0.39 is 112 Å². The minimum atomic E-state index is -1.88. The summed E-state index contributed by atoms with van der Waals surface area (Å²) in [6, 6.07) is 0. The number of hydrogen-bond acceptors (Lipinski definition) is 16. The molecule has 15 atom stereocenters. The van der Waals surface area contributed by atoms with Gasteiger partial charge in [0.2, 0.25) is 0 Å². The minimum absolute atomic E-state index is 0.605. The second-order valence-electron chi connectivity index (χ2n) is 8.54. The minimum Gasteiger partial charge on any atom is -0.394 e. The third-order valence-electron chi connectivity index (χ3n) is 6.34. The normalized spacial score (nSPS) is 51.3. The van der Waals surface area contributed by atoms with Crippen molar-refractivity contribution in [1.29, 1.82) is 0 Å². The van der Waals surface area contributed by atoms with Gasteiger partial charge in [0, 0.05) is 7.11 Å². The smallest absolute Gasteiger partial charge is 0.187 e. The predicted molar refractivity (Wildman–Crippen MR) is 106 cm³/mol. The van der Waals surface area contributed by atoms with Crippen LogP contribution in [0.25, 0.3) is 0 Å².